The fourth-order valence-electron chi connectivity index (χ4n) is 1.83. The summed E-state index contributed by atoms with van der Waals surface area (Å²) in [6.07, 6.45) is 0. The number of hydrogen-bond donors (Lipinski definition) is 2. The maximum absolute atomic E-state index is 12.5. The van der Waals surface area contributed by atoms with E-state index in [0.29, 0.717) is 17.5 Å². The van der Waals surface area contributed by atoms with Gasteiger partial charge in [0.05, 0.1) is 17.7 Å². The predicted molar refractivity (Wildman–Crippen MR) is 87.2 cm³/mol. The zero-order chi connectivity index (χ0) is 15.5. The molecule has 0 spiro atoms. The lowest BCUT2D eigenvalue weighted by molar-refractivity contribution is 0.570. The first-order valence-electron chi connectivity index (χ1n) is 6.57. The molecule has 0 fully saturated rings. The van der Waals surface area contributed by atoms with Crippen molar-refractivity contribution in [3.63, 3.8) is 0 Å². The molecule has 2 aromatic heterocycles. The molecule has 2 N–H and O–H groups in total. The zero-order valence-electron chi connectivity index (χ0n) is 12.2. The molecule has 2 rings (SSSR count). The molecule has 2 heterocycles. The number of thiazole rings is 1. The summed E-state index contributed by atoms with van der Waals surface area (Å²) in [5, 5.41) is 6.99. The summed E-state index contributed by atoms with van der Waals surface area (Å²) in [4.78, 5) is 5.33. The molecule has 0 aromatic carbocycles. The van der Waals surface area contributed by atoms with E-state index in [0.717, 1.165) is 16.1 Å². The lowest BCUT2D eigenvalue weighted by Gasteiger charge is -2.11. The Morgan fingerprint density at radius 2 is 2.05 bits per heavy atom. The number of nitrogens with one attached hydrogen (secondary N) is 2. The minimum Gasteiger partial charge on any atom is -0.310 e. The number of sulfonamides is 1. The fourth-order valence-corrected chi connectivity index (χ4v) is 5.15. The van der Waals surface area contributed by atoms with Crippen molar-refractivity contribution in [2.45, 2.75) is 44.8 Å². The molecular formula is C13H19N3O2S3. The highest BCUT2D eigenvalue weighted by Crippen LogP contribution is 2.27. The second-order valence-electron chi connectivity index (χ2n) is 5.01. The van der Waals surface area contributed by atoms with Crippen LogP contribution >= 0.6 is 22.7 Å². The molecule has 0 atom stereocenters. The van der Waals surface area contributed by atoms with Gasteiger partial charge in [-0.05, 0) is 17.9 Å². The van der Waals surface area contributed by atoms with E-state index in [1.807, 2.05) is 31.5 Å². The molecule has 0 saturated carbocycles. The Labute approximate surface area is 133 Å². The summed E-state index contributed by atoms with van der Waals surface area (Å²) in [5.41, 5.74) is 3.21. The topological polar surface area (TPSA) is 71.1 Å². The Morgan fingerprint density at radius 3 is 2.67 bits per heavy atom. The highest BCUT2D eigenvalue weighted by Gasteiger charge is 2.22. The zero-order valence-corrected chi connectivity index (χ0v) is 14.7. The largest absolute Gasteiger partial charge is 0.310 e. The molecule has 0 bridgehead atoms. The summed E-state index contributed by atoms with van der Waals surface area (Å²) in [7, 11) is -3.52. The SMILES string of the molecule is Cc1csc(CNC(C)C)c1S(=O)(=O)NCc1cscn1. The summed E-state index contributed by atoms with van der Waals surface area (Å²) >= 11 is 2.92. The number of aromatic nitrogens is 1. The molecular weight excluding hydrogens is 326 g/mol. The Kier molecular flexibility index (Phi) is 5.50. The van der Waals surface area contributed by atoms with Crippen LogP contribution in [0.2, 0.25) is 0 Å². The Bertz CT molecular complexity index is 676. The minimum absolute atomic E-state index is 0.220. The van der Waals surface area contributed by atoms with Gasteiger partial charge in [-0.25, -0.2) is 18.1 Å². The van der Waals surface area contributed by atoms with Crippen molar-refractivity contribution < 1.29 is 8.42 Å². The van der Waals surface area contributed by atoms with Crippen molar-refractivity contribution in [3.05, 3.63) is 32.4 Å². The number of hydrogen-bond acceptors (Lipinski definition) is 6. The van der Waals surface area contributed by atoms with Crippen LogP contribution in [0.4, 0.5) is 0 Å². The molecule has 0 aliphatic rings. The first kappa shape index (κ1) is 16.6. The van der Waals surface area contributed by atoms with Gasteiger partial charge in [-0.1, -0.05) is 13.8 Å². The molecule has 0 aliphatic carbocycles. The third-order valence-corrected chi connectivity index (χ3v) is 6.35. The molecule has 21 heavy (non-hydrogen) atoms. The first-order chi connectivity index (χ1) is 9.90. The van der Waals surface area contributed by atoms with Crippen molar-refractivity contribution in [1.29, 1.82) is 0 Å². The van der Waals surface area contributed by atoms with E-state index >= 15 is 0 Å². The molecule has 116 valence electrons. The average Bonchev–Trinajstić information content (AvgIpc) is 3.03. The number of thiophene rings is 1. The van der Waals surface area contributed by atoms with Gasteiger partial charge in [-0.15, -0.1) is 22.7 Å². The lowest BCUT2D eigenvalue weighted by Crippen LogP contribution is -2.27. The molecule has 0 aliphatic heterocycles. The summed E-state index contributed by atoms with van der Waals surface area (Å²) in [6, 6.07) is 0.311. The van der Waals surface area contributed by atoms with Crippen LogP contribution in [0.1, 0.15) is 30.0 Å². The second kappa shape index (κ2) is 6.97. The van der Waals surface area contributed by atoms with E-state index in [4.69, 9.17) is 0 Å². The Morgan fingerprint density at radius 1 is 1.29 bits per heavy atom. The van der Waals surface area contributed by atoms with E-state index in [9.17, 15) is 8.42 Å². The van der Waals surface area contributed by atoms with E-state index < -0.39 is 10.0 Å². The summed E-state index contributed by atoms with van der Waals surface area (Å²) in [5.74, 6) is 0. The number of rotatable bonds is 7. The van der Waals surface area contributed by atoms with Crippen molar-refractivity contribution in [3.8, 4) is 0 Å². The van der Waals surface area contributed by atoms with Crippen molar-refractivity contribution in [2.75, 3.05) is 0 Å². The van der Waals surface area contributed by atoms with Gasteiger partial charge in [-0.3, -0.25) is 0 Å². The molecule has 0 radical (unpaired) electrons. The Hall–Kier alpha value is -0.800. The van der Waals surface area contributed by atoms with E-state index in [-0.39, 0.29) is 6.54 Å². The second-order valence-corrected chi connectivity index (χ2v) is 8.40. The van der Waals surface area contributed by atoms with Crippen molar-refractivity contribution in [2.24, 2.45) is 0 Å². The van der Waals surface area contributed by atoms with Crippen LogP contribution in [0.5, 0.6) is 0 Å². The summed E-state index contributed by atoms with van der Waals surface area (Å²) in [6.45, 7) is 6.68. The van der Waals surface area contributed by atoms with Crippen LogP contribution in [-0.2, 0) is 23.1 Å². The maximum Gasteiger partial charge on any atom is 0.242 e. The van der Waals surface area contributed by atoms with Gasteiger partial charge in [0, 0.05) is 22.8 Å². The highest BCUT2D eigenvalue weighted by atomic mass is 32.2. The highest BCUT2D eigenvalue weighted by molar-refractivity contribution is 7.89. The van der Waals surface area contributed by atoms with E-state index in [1.165, 1.54) is 22.7 Å². The molecule has 5 nitrogen and oxygen atoms in total. The monoisotopic (exact) mass is 345 g/mol. The van der Waals surface area contributed by atoms with Crippen LogP contribution < -0.4 is 10.0 Å². The standard InChI is InChI=1S/C13H19N3O2S3/c1-9(2)14-5-12-13(10(3)6-20-12)21(17,18)16-4-11-7-19-8-15-11/h6-9,14,16H,4-5H2,1-3H3. The third-order valence-electron chi connectivity index (χ3n) is 2.86. The first-order valence-corrected chi connectivity index (χ1v) is 9.88. The van der Waals surface area contributed by atoms with Gasteiger partial charge in [0.1, 0.15) is 4.90 Å². The maximum atomic E-state index is 12.5. The fraction of sp³-hybridized carbons (Fsp3) is 0.462. The van der Waals surface area contributed by atoms with Gasteiger partial charge >= 0.3 is 0 Å². The van der Waals surface area contributed by atoms with Gasteiger partial charge in [-0.2, -0.15) is 0 Å². The van der Waals surface area contributed by atoms with Crippen molar-refractivity contribution >= 4 is 32.7 Å². The molecule has 2 aromatic rings. The smallest absolute Gasteiger partial charge is 0.242 e. The number of aryl methyl sites for hydroxylation is 1. The van der Waals surface area contributed by atoms with E-state index in [1.54, 1.807) is 5.51 Å². The van der Waals surface area contributed by atoms with Gasteiger partial charge in [0.25, 0.3) is 0 Å². The Balaban J connectivity index is 2.16. The van der Waals surface area contributed by atoms with Crippen molar-refractivity contribution in [1.82, 2.24) is 15.0 Å². The van der Waals surface area contributed by atoms with Gasteiger partial charge in [0.15, 0.2) is 0 Å². The lowest BCUT2D eigenvalue weighted by atomic mass is 10.3. The predicted octanol–water partition coefficient (Wildman–Crippen LogP) is 2.49. The minimum atomic E-state index is -3.52. The molecule has 0 saturated heterocycles. The molecule has 0 amide bonds. The van der Waals surface area contributed by atoms with Gasteiger partial charge in [0.2, 0.25) is 10.0 Å². The quantitative estimate of drug-likeness (QED) is 0.809. The van der Waals surface area contributed by atoms with Crippen LogP contribution in [0, 0.1) is 6.92 Å². The molecule has 0 unspecified atom stereocenters. The third kappa shape index (κ3) is 4.33. The molecule has 8 heteroatoms. The van der Waals surface area contributed by atoms with Gasteiger partial charge < -0.3 is 5.32 Å². The van der Waals surface area contributed by atoms with Crippen LogP contribution in [0.15, 0.2) is 21.2 Å². The average molecular weight is 346 g/mol. The van der Waals surface area contributed by atoms with E-state index in [2.05, 4.69) is 15.0 Å². The number of nitrogens with zero attached hydrogens (tertiary/aromatic N) is 1. The normalized spacial score (nSPS) is 12.2. The van der Waals surface area contributed by atoms with Crippen LogP contribution in [0.25, 0.3) is 0 Å². The summed E-state index contributed by atoms with van der Waals surface area (Å²) < 4.78 is 27.7. The van der Waals surface area contributed by atoms with Crippen LogP contribution in [0.3, 0.4) is 0 Å². The van der Waals surface area contributed by atoms with Crippen LogP contribution in [-0.4, -0.2) is 19.4 Å².